The summed E-state index contributed by atoms with van der Waals surface area (Å²) in [6, 6.07) is 6.45. The van der Waals surface area contributed by atoms with Gasteiger partial charge >= 0.3 is 0 Å². The highest BCUT2D eigenvalue weighted by molar-refractivity contribution is 6.33. The molecule has 0 radical (unpaired) electrons. The summed E-state index contributed by atoms with van der Waals surface area (Å²) in [4.78, 5) is 0. The molecule has 1 aliphatic rings. The first-order valence-electron chi connectivity index (χ1n) is 5.82. The van der Waals surface area contributed by atoms with Crippen molar-refractivity contribution < 1.29 is 0 Å². The first kappa shape index (κ1) is 12.2. The van der Waals surface area contributed by atoms with Crippen molar-refractivity contribution in [3.63, 3.8) is 0 Å². The van der Waals surface area contributed by atoms with Crippen LogP contribution in [-0.4, -0.2) is 12.6 Å². The molecule has 0 amide bonds. The van der Waals surface area contributed by atoms with E-state index in [9.17, 15) is 0 Å². The van der Waals surface area contributed by atoms with Crippen molar-refractivity contribution in [2.75, 3.05) is 6.54 Å². The highest BCUT2D eigenvalue weighted by Gasteiger charge is 2.21. The molecular formula is C13H17Cl2N. The van der Waals surface area contributed by atoms with Crippen LogP contribution < -0.4 is 5.32 Å². The van der Waals surface area contributed by atoms with E-state index in [1.165, 1.54) is 12.8 Å². The van der Waals surface area contributed by atoms with Crippen LogP contribution in [0.2, 0.25) is 10.0 Å². The Morgan fingerprint density at radius 1 is 1.38 bits per heavy atom. The van der Waals surface area contributed by atoms with Gasteiger partial charge in [-0.3, -0.25) is 0 Å². The lowest BCUT2D eigenvalue weighted by molar-refractivity contribution is 0.509. The van der Waals surface area contributed by atoms with Gasteiger partial charge in [-0.2, -0.15) is 0 Å². The highest BCUT2D eigenvalue weighted by Crippen LogP contribution is 2.24. The van der Waals surface area contributed by atoms with E-state index >= 15 is 0 Å². The average Bonchev–Trinajstić information content (AvgIpc) is 3.04. The summed E-state index contributed by atoms with van der Waals surface area (Å²) >= 11 is 12.1. The van der Waals surface area contributed by atoms with Gasteiger partial charge in [-0.1, -0.05) is 30.1 Å². The molecule has 1 aromatic rings. The Hall–Kier alpha value is -0.240. The Morgan fingerprint density at radius 3 is 2.81 bits per heavy atom. The van der Waals surface area contributed by atoms with Crippen LogP contribution in [0.15, 0.2) is 18.2 Å². The molecule has 1 N–H and O–H groups in total. The van der Waals surface area contributed by atoms with Crippen LogP contribution in [0.25, 0.3) is 0 Å². The summed E-state index contributed by atoms with van der Waals surface area (Å²) < 4.78 is 0. The maximum Gasteiger partial charge on any atom is 0.0439 e. The van der Waals surface area contributed by atoms with Gasteiger partial charge in [0.1, 0.15) is 0 Å². The molecule has 1 nitrogen and oxygen atoms in total. The van der Waals surface area contributed by atoms with E-state index in [2.05, 4.69) is 12.2 Å². The molecule has 0 spiro atoms. The second-order valence-electron chi connectivity index (χ2n) is 4.73. The van der Waals surface area contributed by atoms with Gasteiger partial charge < -0.3 is 5.32 Å². The SMILES string of the molecule is CC(CNC1CC1)Cc1cc(Cl)ccc1Cl. The number of hydrogen-bond acceptors (Lipinski definition) is 1. The van der Waals surface area contributed by atoms with Crippen LogP contribution >= 0.6 is 23.2 Å². The minimum absolute atomic E-state index is 0.594. The van der Waals surface area contributed by atoms with Crippen LogP contribution in [0.3, 0.4) is 0 Å². The van der Waals surface area contributed by atoms with Gasteiger partial charge in [-0.15, -0.1) is 0 Å². The third-order valence-electron chi connectivity index (χ3n) is 2.91. The molecule has 16 heavy (non-hydrogen) atoms. The fourth-order valence-corrected chi connectivity index (χ4v) is 2.19. The fourth-order valence-electron chi connectivity index (χ4n) is 1.80. The normalized spacial score (nSPS) is 17.4. The van der Waals surface area contributed by atoms with E-state index in [4.69, 9.17) is 23.2 Å². The van der Waals surface area contributed by atoms with Crippen LogP contribution in [0, 0.1) is 5.92 Å². The number of rotatable bonds is 5. The van der Waals surface area contributed by atoms with Crippen LogP contribution in [0.4, 0.5) is 0 Å². The Labute approximate surface area is 107 Å². The summed E-state index contributed by atoms with van der Waals surface area (Å²) in [6.07, 6.45) is 3.66. The molecule has 0 saturated heterocycles. The standard InChI is InChI=1S/C13H17Cl2N/c1-9(8-16-12-3-4-12)6-10-7-11(14)2-5-13(10)15/h2,5,7,9,12,16H,3-4,6,8H2,1H3. The lowest BCUT2D eigenvalue weighted by Gasteiger charge is -2.13. The van der Waals surface area contributed by atoms with Gasteiger partial charge in [-0.25, -0.2) is 0 Å². The van der Waals surface area contributed by atoms with Gasteiger partial charge in [0.2, 0.25) is 0 Å². The Balaban J connectivity index is 1.88. The minimum atomic E-state index is 0.594. The Kier molecular flexibility index (Phi) is 4.12. The number of halogens is 2. The Morgan fingerprint density at radius 2 is 2.12 bits per heavy atom. The van der Waals surface area contributed by atoms with Crippen LogP contribution in [0.1, 0.15) is 25.3 Å². The van der Waals surface area contributed by atoms with Crippen molar-refractivity contribution >= 4 is 23.2 Å². The average molecular weight is 258 g/mol. The first-order chi connectivity index (χ1) is 7.65. The molecule has 88 valence electrons. The van der Waals surface area contributed by atoms with Gasteiger partial charge in [0.05, 0.1) is 0 Å². The zero-order valence-corrected chi connectivity index (χ0v) is 11.0. The van der Waals surface area contributed by atoms with Crippen molar-refractivity contribution in [2.45, 2.75) is 32.2 Å². The first-order valence-corrected chi connectivity index (χ1v) is 6.58. The van der Waals surface area contributed by atoms with Gasteiger partial charge in [0.25, 0.3) is 0 Å². The maximum atomic E-state index is 6.14. The van der Waals surface area contributed by atoms with Gasteiger partial charge in [-0.05, 0) is 55.5 Å². The van der Waals surface area contributed by atoms with Crippen molar-refractivity contribution in [1.29, 1.82) is 0 Å². The van der Waals surface area contributed by atoms with E-state index in [0.717, 1.165) is 34.6 Å². The third-order valence-corrected chi connectivity index (χ3v) is 3.51. The van der Waals surface area contributed by atoms with Crippen molar-refractivity contribution in [2.24, 2.45) is 5.92 Å². The van der Waals surface area contributed by atoms with Crippen molar-refractivity contribution in [3.8, 4) is 0 Å². The maximum absolute atomic E-state index is 6.14. The van der Waals surface area contributed by atoms with E-state index in [1.54, 1.807) is 0 Å². The molecule has 0 heterocycles. The molecule has 1 atom stereocenters. The lowest BCUT2D eigenvalue weighted by atomic mass is 10.0. The predicted octanol–water partition coefficient (Wildman–Crippen LogP) is 3.92. The van der Waals surface area contributed by atoms with E-state index in [-0.39, 0.29) is 0 Å². The zero-order chi connectivity index (χ0) is 11.5. The topological polar surface area (TPSA) is 12.0 Å². The smallest absolute Gasteiger partial charge is 0.0439 e. The van der Waals surface area contributed by atoms with E-state index in [0.29, 0.717) is 5.92 Å². The molecule has 1 saturated carbocycles. The zero-order valence-electron chi connectivity index (χ0n) is 9.47. The summed E-state index contributed by atoms with van der Waals surface area (Å²) in [6.45, 7) is 3.31. The predicted molar refractivity (Wildman–Crippen MR) is 70.4 cm³/mol. The van der Waals surface area contributed by atoms with Gasteiger partial charge in [0.15, 0.2) is 0 Å². The molecule has 3 heteroatoms. The molecular weight excluding hydrogens is 241 g/mol. The molecule has 0 aromatic heterocycles. The van der Waals surface area contributed by atoms with Crippen LogP contribution in [0.5, 0.6) is 0 Å². The third kappa shape index (κ3) is 3.65. The van der Waals surface area contributed by atoms with E-state index < -0.39 is 0 Å². The fraction of sp³-hybridized carbons (Fsp3) is 0.538. The monoisotopic (exact) mass is 257 g/mol. The molecule has 2 rings (SSSR count). The number of nitrogens with one attached hydrogen (secondary N) is 1. The molecule has 0 aliphatic heterocycles. The second kappa shape index (κ2) is 5.39. The number of benzene rings is 1. The number of hydrogen-bond donors (Lipinski definition) is 1. The Bertz CT molecular complexity index is 361. The summed E-state index contributed by atoms with van der Waals surface area (Å²) in [5.41, 5.74) is 1.15. The molecule has 1 aromatic carbocycles. The van der Waals surface area contributed by atoms with Crippen LogP contribution in [-0.2, 0) is 6.42 Å². The molecule has 1 fully saturated rings. The largest absolute Gasteiger partial charge is 0.314 e. The summed E-state index contributed by atoms with van der Waals surface area (Å²) in [5, 5.41) is 5.12. The van der Waals surface area contributed by atoms with E-state index in [1.807, 2.05) is 18.2 Å². The van der Waals surface area contributed by atoms with Crippen molar-refractivity contribution in [1.82, 2.24) is 5.32 Å². The quantitative estimate of drug-likeness (QED) is 0.843. The van der Waals surface area contributed by atoms with Gasteiger partial charge in [0, 0.05) is 16.1 Å². The lowest BCUT2D eigenvalue weighted by Crippen LogP contribution is -2.24. The van der Waals surface area contributed by atoms with Crippen molar-refractivity contribution in [3.05, 3.63) is 33.8 Å². The molecule has 1 aliphatic carbocycles. The highest BCUT2D eigenvalue weighted by atomic mass is 35.5. The summed E-state index contributed by atoms with van der Waals surface area (Å²) in [7, 11) is 0. The molecule has 1 unspecified atom stereocenters. The second-order valence-corrected chi connectivity index (χ2v) is 5.57. The minimum Gasteiger partial charge on any atom is -0.314 e. The summed E-state index contributed by atoms with van der Waals surface area (Å²) in [5.74, 6) is 0.594. The molecule has 0 bridgehead atoms.